The molecule has 0 saturated carbocycles. The van der Waals surface area contributed by atoms with E-state index < -0.39 is 15.8 Å². The standard InChI is InChI=1S/C19H22FN3O3S2/c1-27-18-17(6-3-9-21-18)19(24)23-10-7-14(8-11-23)13-22-28(25,26)16-5-2-4-15(20)12-16/h2-6,9,12,14,22H,7-8,10-11,13H2,1H3. The van der Waals surface area contributed by atoms with Crippen LogP contribution in [0.25, 0.3) is 0 Å². The molecule has 1 aliphatic rings. The maximum atomic E-state index is 13.3. The van der Waals surface area contributed by atoms with Crippen molar-refractivity contribution in [2.45, 2.75) is 22.8 Å². The summed E-state index contributed by atoms with van der Waals surface area (Å²) in [4.78, 5) is 18.7. The van der Waals surface area contributed by atoms with Gasteiger partial charge in [0.15, 0.2) is 0 Å². The molecule has 0 radical (unpaired) electrons. The predicted octanol–water partition coefficient (Wildman–Crippen LogP) is 2.77. The summed E-state index contributed by atoms with van der Waals surface area (Å²) in [7, 11) is -3.75. The first-order chi connectivity index (χ1) is 13.4. The first kappa shape index (κ1) is 20.8. The SMILES string of the molecule is CSc1ncccc1C(=O)N1CCC(CNS(=O)(=O)c2cccc(F)c2)CC1. The van der Waals surface area contributed by atoms with E-state index in [4.69, 9.17) is 0 Å². The van der Waals surface area contributed by atoms with E-state index >= 15 is 0 Å². The summed E-state index contributed by atoms with van der Waals surface area (Å²) in [6.45, 7) is 1.39. The monoisotopic (exact) mass is 423 g/mol. The van der Waals surface area contributed by atoms with Gasteiger partial charge in [0, 0.05) is 25.8 Å². The number of rotatable bonds is 6. The van der Waals surface area contributed by atoms with E-state index in [9.17, 15) is 17.6 Å². The number of aromatic nitrogens is 1. The molecule has 2 heterocycles. The lowest BCUT2D eigenvalue weighted by Crippen LogP contribution is -2.41. The number of benzene rings is 1. The molecule has 1 N–H and O–H groups in total. The molecule has 3 rings (SSSR count). The number of sulfonamides is 1. The Bertz CT molecular complexity index is 945. The van der Waals surface area contributed by atoms with Gasteiger partial charge >= 0.3 is 0 Å². The molecule has 0 spiro atoms. The lowest BCUT2D eigenvalue weighted by Gasteiger charge is -2.32. The maximum Gasteiger partial charge on any atom is 0.256 e. The van der Waals surface area contributed by atoms with Crippen LogP contribution < -0.4 is 4.72 Å². The number of halogens is 1. The van der Waals surface area contributed by atoms with Gasteiger partial charge in [-0.1, -0.05) is 6.07 Å². The number of carbonyl (C=O) groups is 1. The average Bonchev–Trinajstić information content (AvgIpc) is 2.72. The van der Waals surface area contributed by atoms with Crippen molar-refractivity contribution in [2.24, 2.45) is 5.92 Å². The maximum absolute atomic E-state index is 13.3. The molecule has 1 aliphatic heterocycles. The highest BCUT2D eigenvalue weighted by Gasteiger charge is 2.26. The second-order valence-corrected chi connectivity index (χ2v) is 9.17. The Morgan fingerprint density at radius 3 is 2.71 bits per heavy atom. The molecule has 1 aromatic carbocycles. The lowest BCUT2D eigenvalue weighted by atomic mass is 9.97. The molecule has 1 amide bonds. The average molecular weight is 424 g/mol. The number of amides is 1. The van der Waals surface area contributed by atoms with Crippen LogP contribution in [0.5, 0.6) is 0 Å². The third-order valence-electron chi connectivity index (χ3n) is 4.77. The predicted molar refractivity (Wildman–Crippen MR) is 106 cm³/mol. The molecule has 2 aromatic rings. The Morgan fingerprint density at radius 1 is 1.29 bits per heavy atom. The van der Waals surface area contributed by atoms with Gasteiger partial charge in [0.1, 0.15) is 10.8 Å². The molecule has 1 aromatic heterocycles. The number of nitrogens with zero attached hydrogens (tertiary/aromatic N) is 2. The second kappa shape index (κ2) is 9.02. The number of nitrogens with one attached hydrogen (secondary N) is 1. The van der Waals surface area contributed by atoms with Crippen molar-refractivity contribution in [1.29, 1.82) is 0 Å². The summed E-state index contributed by atoms with van der Waals surface area (Å²) in [6.07, 6.45) is 4.95. The third-order valence-corrected chi connectivity index (χ3v) is 6.90. The second-order valence-electron chi connectivity index (χ2n) is 6.61. The van der Waals surface area contributed by atoms with Crippen molar-refractivity contribution < 1.29 is 17.6 Å². The minimum atomic E-state index is -3.75. The van der Waals surface area contributed by atoms with Crippen molar-refractivity contribution in [2.75, 3.05) is 25.9 Å². The van der Waals surface area contributed by atoms with E-state index in [1.165, 1.54) is 30.0 Å². The van der Waals surface area contributed by atoms with Crippen LogP contribution in [0, 0.1) is 11.7 Å². The third kappa shape index (κ3) is 4.89. The van der Waals surface area contributed by atoms with E-state index in [2.05, 4.69) is 9.71 Å². The van der Waals surface area contributed by atoms with Crippen molar-refractivity contribution >= 4 is 27.7 Å². The van der Waals surface area contributed by atoms with Gasteiger partial charge in [0.2, 0.25) is 10.0 Å². The Kier molecular flexibility index (Phi) is 6.69. The van der Waals surface area contributed by atoms with Crippen LogP contribution in [0.2, 0.25) is 0 Å². The summed E-state index contributed by atoms with van der Waals surface area (Å²) in [5.74, 6) is -0.507. The molecule has 1 saturated heterocycles. The fourth-order valence-corrected chi connectivity index (χ4v) is 4.86. The Labute approximate surface area is 168 Å². The van der Waals surface area contributed by atoms with Gasteiger partial charge < -0.3 is 4.90 Å². The Balaban J connectivity index is 1.55. The first-order valence-electron chi connectivity index (χ1n) is 8.94. The van der Waals surface area contributed by atoms with Gasteiger partial charge in [0.05, 0.1) is 10.5 Å². The summed E-state index contributed by atoms with van der Waals surface area (Å²) in [5.41, 5.74) is 0.597. The zero-order chi connectivity index (χ0) is 20.1. The molecule has 150 valence electrons. The van der Waals surface area contributed by atoms with Crippen LogP contribution in [0.15, 0.2) is 52.5 Å². The molecular weight excluding hydrogens is 401 g/mol. The van der Waals surface area contributed by atoms with Crippen LogP contribution in [0.1, 0.15) is 23.2 Å². The van der Waals surface area contributed by atoms with Gasteiger partial charge in [-0.15, -0.1) is 11.8 Å². The molecule has 1 fully saturated rings. The van der Waals surface area contributed by atoms with Crippen molar-refractivity contribution in [3.63, 3.8) is 0 Å². The van der Waals surface area contributed by atoms with Crippen molar-refractivity contribution in [3.05, 3.63) is 54.0 Å². The minimum Gasteiger partial charge on any atom is -0.339 e. The van der Waals surface area contributed by atoms with Crippen molar-refractivity contribution in [1.82, 2.24) is 14.6 Å². The van der Waals surface area contributed by atoms with E-state index in [0.717, 1.165) is 6.07 Å². The lowest BCUT2D eigenvalue weighted by molar-refractivity contribution is 0.0687. The highest BCUT2D eigenvalue weighted by atomic mass is 32.2. The largest absolute Gasteiger partial charge is 0.339 e. The highest BCUT2D eigenvalue weighted by Crippen LogP contribution is 2.23. The molecule has 0 unspecified atom stereocenters. The number of pyridine rings is 1. The summed E-state index contributed by atoms with van der Waals surface area (Å²) in [5, 5.41) is 0.706. The number of carbonyl (C=O) groups excluding carboxylic acids is 1. The summed E-state index contributed by atoms with van der Waals surface area (Å²) >= 11 is 1.44. The van der Waals surface area contributed by atoms with E-state index in [1.54, 1.807) is 23.2 Å². The molecule has 0 atom stereocenters. The zero-order valence-electron chi connectivity index (χ0n) is 15.5. The summed E-state index contributed by atoms with van der Waals surface area (Å²) in [6, 6.07) is 8.47. The van der Waals surface area contributed by atoms with Crippen LogP contribution in [-0.2, 0) is 10.0 Å². The van der Waals surface area contributed by atoms with Gasteiger partial charge in [-0.2, -0.15) is 0 Å². The normalized spacial score (nSPS) is 15.6. The van der Waals surface area contributed by atoms with Crippen molar-refractivity contribution in [3.8, 4) is 0 Å². The van der Waals surface area contributed by atoms with Crippen LogP contribution >= 0.6 is 11.8 Å². The molecule has 0 aliphatic carbocycles. The van der Waals surface area contributed by atoms with Crippen LogP contribution in [0.3, 0.4) is 0 Å². The summed E-state index contributed by atoms with van der Waals surface area (Å²) < 4.78 is 40.4. The van der Waals surface area contributed by atoms with E-state index in [0.29, 0.717) is 36.5 Å². The zero-order valence-corrected chi connectivity index (χ0v) is 17.1. The minimum absolute atomic E-state index is 0.0451. The highest BCUT2D eigenvalue weighted by molar-refractivity contribution is 7.98. The van der Waals surface area contributed by atoms with E-state index in [1.807, 2.05) is 6.26 Å². The van der Waals surface area contributed by atoms with Gasteiger partial charge in [-0.05, 0) is 55.3 Å². The number of thioether (sulfide) groups is 1. The fourth-order valence-electron chi connectivity index (χ4n) is 3.17. The number of likely N-dealkylation sites (tertiary alicyclic amines) is 1. The number of hydrogen-bond donors (Lipinski definition) is 1. The van der Waals surface area contributed by atoms with Gasteiger partial charge in [-0.25, -0.2) is 22.5 Å². The number of hydrogen-bond acceptors (Lipinski definition) is 5. The fraction of sp³-hybridized carbons (Fsp3) is 0.368. The smallest absolute Gasteiger partial charge is 0.256 e. The topological polar surface area (TPSA) is 79.4 Å². The quantitative estimate of drug-likeness (QED) is 0.723. The number of piperidine rings is 1. The molecule has 9 heteroatoms. The molecule has 6 nitrogen and oxygen atoms in total. The molecular formula is C19H22FN3O3S2. The molecule has 0 bridgehead atoms. The van der Waals surface area contributed by atoms with E-state index in [-0.39, 0.29) is 23.3 Å². The Morgan fingerprint density at radius 2 is 2.04 bits per heavy atom. The van der Waals surface area contributed by atoms with Gasteiger partial charge in [0.25, 0.3) is 5.91 Å². The van der Waals surface area contributed by atoms with Gasteiger partial charge in [-0.3, -0.25) is 4.79 Å². The van der Waals surface area contributed by atoms with Crippen LogP contribution in [0.4, 0.5) is 4.39 Å². The van der Waals surface area contributed by atoms with Crippen LogP contribution in [-0.4, -0.2) is 50.1 Å². The first-order valence-corrected chi connectivity index (χ1v) is 11.6. The Hall–Kier alpha value is -1.97. The molecule has 28 heavy (non-hydrogen) atoms.